The van der Waals surface area contributed by atoms with E-state index in [9.17, 15) is 0 Å². The van der Waals surface area contributed by atoms with Gasteiger partial charge >= 0.3 is 0 Å². The van der Waals surface area contributed by atoms with Crippen molar-refractivity contribution in [3.63, 3.8) is 0 Å². The summed E-state index contributed by atoms with van der Waals surface area (Å²) < 4.78 is 0. The molecule has 0 spiro atoms. The largest absolute Gasteiger partial charge is 0.267 e. The fourth-order valence-corrected chi connectivity index (χ4v) is 0. The summed E-state index contributed by atoms with van der Waals surface area (Å²) in [5.74, 6) is 0. The zero-order valence-corrected chi connectivity index (χ0v) is 3.96. The molecule has 4 heavy (non-hydrogen) atoms. The van der Waals surface area contributed by atoms with E-state index in [1.165, 1.54) is 0 Å². The van der Waals surface area contributed by atoms with E-state index in [0.717, 1.165) is 0 Å². The Balaban J connectivity index is 0. The molecule has 0 aliphatic carbocycles. The Morgan fingerprint density at radius 3 is 1.75 bits per heavy atom. The predicted molar refractivity (Wildman–Crippen MR) is 7.70 cm³/mol. The van der Waals surface area contributed by atoms with Gasteiger partial charge in [-0.1, -0.05) is 0 Å². The maximum absolute atomic E-state index is 8.12. The number of hydrogen-bond acceptors (Lipinski definition) is 2. The summed E-state index contributed by atoms with van der Waals surface area (Å²) in [4.78, 5) is 8.12. The van der Waals surface area contributed by atoms with Gasteiger partial charge in [0.2, 0.25) is 0 Å². The summed E-state index contributed by atoms with van der Waals surface area (Å²) in [7, 11) is 0. The van der Waals surface area contributed by atoms with Gasteiger partial charge in [0.25, 0.3) is 0 Å². The van der Waals surface area contributed by atoms with Crippen LogP contribution in [0.4, 0.5) is 0 Å². The molecule has 0 aromatic heterocycles. The van der Waals surface area contributed by atoms with Crippen molar-refractivity contribution in [2.75, 3.05) is 0 Å². The monoisotopic (exact) mass is 140 g/mol. The smallest absolute Gasteiger partial charge is 0.00366 e. The molecule has 0 amide bonds. The summed E-state index contributed by atoms with van der Waals surface area (Å²) in [6, 6.07) is 0. The first-order chi connectivity index (χ1) is 1.41. The standard InChI is InChI=1S/HNO2.Nb/c2-1-3;/h1H;. The molecule has 0 aliphatic heterocycles. The minimum Gasteiger partial charge on any atom is -0.267 e. The maximum atomic E-state index is 8.12. The minimum absolute atomic E-state index is 0. The van der Waals surface area contributed by atoms with Gasteiger partial charge in [-0.2, -0.15) is 0 Å². The van der Waals surface area contributed by atoms with Crippen molar-refractivity contribution in [1.82, 2.24) is 0 Å². The normalized spacial score (nSPS) is 3.00. The third kappa shape index (κ3) is 141. The Bertz CT molecular complexity index is 13.5. The van der Waals surface area contributed by atoms with Crippen LogP contribution in [-0.4, -0.2) is 0 Å². The molecule has 0 unspecified atom stereocenters. The van der Waals surface area contributed by atoms with E-state index >= 15 is 0 Å². The molecule has 23 valence electrons. The summed E-state index contributed by atoms with van der Waals surface area (Å²) in [6.07, 6.45) is 0. The molecule has 0 saturated heterocycles. The molecule has 1 N–H and O–H groups in total. The van der Waals surface area contributed by atoms with E-state index in [0.29, 0.717) is 0 Å². The number of hydrogen-bond donors (Lipinski definition) is 1. The van der Waals surface area contributed by atoms with Crippen LogP contribution in [-0.2, 0) is 22.4 Å². The predicted octanol–water partition coefficient (Wildman–Crippen LogP) is -1.67. The van der Waals surface area contributed by atoms with E-state index in [2.05, 4.69) is 0 Å². The van der Waals surface area contributed by atoms with Crippen LogP contribution >= 0.6 is 0 Å². The van der Waals surface area contributed by atoms with Gasteiger partial charge in [0.05, 0.1) is 0 Å². The van der Waals surface area contributed by atoms with Crippen LogP contribution in [0.1, 0.15) is 0 Å². The second-order valence-corrected chi connectivity index (χ2v) is 0.0833. The first kappa shape index (κ1) is 8.91. The first-order valence-electron chi connectivity index (χ1n) is 0.408. The Hall–Kier alpha value is 0.140. The van der Waals surface area contributed by atoms with Crippen molar-refractivity contribution >= 4 is 0 Å². The molecule has 3 nitrogen and oxygen atoms in total. The Labute approximate surface area is 38.5 Å². The molecular weight excluding hydrogens is 139 g/mol. The average molecular weight is 140 g/mol. The maximum Gasteiger partial charge on any atom is 0.00366 e. The van der Waals surface area contributed by atoms with Crippen molar-refractivity contribution in [2.24, 2.45) is 0 Å². The number of rotatable bonds is 0. The van der Waals surface area contributed by atoms with E-state index < -0.39 is 0 Å². The van der Waals surface area contributed by atoms with Gasteiger partial charge in [-0.3, -0.25) is 10.1 Å². The van der Waals surface area contributed by atoms with Crippen LogP contribution in [0, 0.1) is 10.1 Å². The molecule has 0 saturated carbocycles. The van der Waals surface area contributed by atoms with Gasteiger partial charge in [-0.15, -0.1) is 0 Å². The summed E-state index contributed by atoms with van der Waals surface area (Å²) in [5, 5.41) is 8.38. The molecule has 0 fully saturated rings. The molecule has 0 heterocycles. The topological polar surface area (TPSA) is 54.1 Å². The quantitative estimate of drug-likeness (QED) is 0.248. The Kier molecular flexibility index (Phi) is 24.7. The second kappa shape index (κ2) is 11.1. The summed E-state index contributed by atoms with van der Waals surface area (Å²) in [5.41, 5.74) is 0. The zero-order chi connectivity index (χ0) is 2.71. The second-order valence-electron chi connectivity index (χ2n) is 0.0833. The van der Waals surface area contributed by atoms with Gasteiger partial charge in [-0.25, -0.2) is 0 Å². The van der Waals surface area contributed by atoms with Gasteiger partial charge in [0, 0.05) is 27.7 Å². The molecule has 0 aromatic rings. The van der Waals surface area contributed by atoms with Crippen LogP contribution < -0.4 is 5.34 Å². The van der Waals surface area contributed by atoms with Gasteiger partial charge in [0.15, 0.2) is 0 Å². The van der Waals surface area contributed by atoms with E-state index in [1.807, 2.05) is 0 Å². The van der Waals surface area contributed by atoms with Crippen molar-refractivity contribution in [2.45, 2.75) is 0 Å². The first-order valence-corrected chi connectivity index (χ1v) is 0.408. The van der Waals surface area contributed by atoms with E-state index in [-0.39, 0.29) is 27.7 Å². The summed E-state index contributed by atoms with van der Waals surface area (Å²) >= 11 is 0. The van der Waals surface area contributed by atoms with E-state index in [4.69, 9.17) is 10.1 Å². The third-order valence-corrected chi connectivity index (χ3v) is 0. The van der Waals surface area contributed by atoms with Crippen molar-refractivity contribution < 1.29 is 27.7 Å². The van der Waals surface area contributed by atoms with Crippen molar-refractivity contribution in [1.29, 1.82) is 0 Å². The van der Waals surface area contributed by atoms with Crippen LogP contribution in [0.15, 0.2) is 0 Å². The molecule has 4 heteroatoms. The Morgan fingerprint density at radius 2 is 1.75 bits per heavy atom. The molecule has 1 radical (unpaired) electrons. The third-order valence-electron chi connectivity index (χ3n) is 0. The molecular formula is HNNbO2. The molecule has 0 bridgehead atoms. The minimum atomic E-state index is 0. The van der Waals surface area contributed by atoms with E-state index in [1.54, 1.807) is 0 Å². The van der Waals surface area contributed by atoms with Crippen molar-refractivity contribution in [3.8, 4) is 0 Å². The van der Waals surface area contributed by atoms with Crippen LogP contribution in [0.25, 0.3) is 0 Å². The van der Waals surface area contributed by atoms with Crippen LogP contribution in [0.3, 0.4) is 0 Å². The zero-order valence-electron chi connectivity index (χ0n) is 1.76. The Morgan fingerprint density at radius 1 is 1.75 bits per heavy atom. The van der Waals surface area contributed by atoms with Gasteiger partial charge in [0.1, 0.15) is 0 Å². The molecule has 0 aliphatic rings. The van der Waals surface area contributed by atoms with Gasteiger partial charge < -0.3 is 0 Å². The SMILES string of the molecule is O=[NH+][O-].[Nb]. The molecule has 0 rings (SSSR count). The van der Waals surface area contributed by atoms with Gasteiger partial charge in [-0.05, 0) is 0 Å². The van der Waals surface area contributed by atoms with Crippen LogP contribution in [0.5, 0.6) is 0 Å². The molecule has 0 aromatic carbocycles. The fourth-order valence-electron chi connectivity index (χ4n) is 0. The fraction of sp³-hybridized carbons (Fsp3) is 0. The summed E-state index contributed by atoms with van der Waals surface area (Å²) in [6.45, 7) is 0. The number of nitrogens with one attached hydrogen (secondary N) is 1. The average Bonchev–Trinajstić information content (AvgIpc) is 0.918. The van der Waals surface area contributed by atoms with Crippen LogP contribution in [0.2, 0.25) is 0 Å². The molecule has 0 atom stereocenters. The van der Waals surface area contributed by atoms with Crippen molar-refractivity contribution in [3.05, 3.63) is 10.1 Å².